The van der Waals surface area contributed by atoms with Crippen molar-refractivity contribution in [3.63, 3.8) is 0 Å². The van der Waals surface area contributed by atoms with Gasteiger partial charge in [0, 0.05) is 6.04 Å². The van der Waals surface area contributed by atoms with Crippen molar-refractivity contribution in [3.8, 4) is 5.75 Å². The van der Waals surface area contributed by atoms with Gasteiger partial charge in [-0.15, -0.1) is 0 Å². The van der Waals surface area contributed by atoms with Crippen LogP contribution in [-0.4, -0.2) is 14.9 Å². The van der Waals surface area contributed by atoms with Crippen LogP contribution in [0.15, 0.2) is 0 Å². The maximum Gasteiger partial charge on any atom is 0.160 e. The number of nitrogens with zero attached hydrogens (tertiary/aromatic N) is 2. The van der Waals surface area contributed by atoms with E-state index in [4.69, 9.17) is 0 Å². The Hall–Kier alpha value is -0.990. The van der Waals surface area contributed by atoms with Gasteiger partial charge in [-0.2, -0.15) is 5.10 Å². The summed E-state index contributed by atoms with van der Waals surface area (Å²) in [4.78, 5) is 0. The predicted molar refractivity (Wildman–Crippen MR) is 53.0 cm³/mol. The minimum atomic E-state index is 0.321. The lowest BCUT2D eigenvalue weighted by Gasteiger charge is -2.08. The largest absolute Gasteiger partial charge is 0.504 e. The van der Waals surface area contributed by atoms with Crippen LogP contribution in [0.1, 0.15) is 45.1 Å². The monoisotopic (exact) mass is 182 g/mol. The second kappa shape index (κ2) is 3.81. The molecule has 0 aliphatic rings. The van der Waals surface area contributed by atoms with Gasteiger partial charge in [0.2, 0.25) is 0 Å². The molecule has 1 aromatic rings. The van der Waals surface area contributed by atoms with E-state index in [9.17, 15) is 5.11 Å². The fourth-order valence-electron chi connectivity index (χ4n) is 1.51. The summed E-state index contributed by atoms with van der Waals surface area (Å²) in [7, 11) is 0. The SMILES string of the molecule is CCc1nn(C(C)C)c(CC)c1O. The molecule has 0 unspecified atom stereocenters. The molecule has 74 valence electrons. The average molecular weight is 182 g/mol. The van der Waals surface area contributed by atoms with E-state index >= 15 is 0 Å². The third-order valence-electron chi connectivity index (χ3n) is 2.21. The second-order valence-electron chi connectivity index (χ2n) is 3.49. The zero-order valence-electron chi connectivity index (χ0n) is 8.83. The molecule has 0 aliphatic carbocycles. The molecule has 0 saturated heterocycles. The zero-order valence-corrected chi connectivity index (χ0v) is 8.83. The van der Waals surface area contributed by atoms with Crippen LogP contribution in [0, 0.1) is 0 Å². The van der Waals surface area contributed by atoms with Crippen LogP contribution in [-0.2, 0) is 12.8 Å². The Kier molecular flexibility index (Phi) is 2.96. The summed E-state index contributed by atoms with van der Waals surface area (Å²) in [6.07, 6.45) is 1.62. The van der Waals surface area contributed by atoms with Gasteiger partial charge in [-0.3, -0.25) is 4.68 Å². The summed E-state index contributed by atoms with van der Waals surface area (Å²) in [6.45, 7) is 8.19. The Bertz CT molecular complexity index is 289. The molecule has 0 aliphatic heterocycles. The molecule has 13 heavy (non-hydrogen) atoms. The first kappa shape index (κ1) is 10.1. The number of rotatable bonds is 3. The topological polar surface area (TPSA) is 38.0 Å². The summed E-state index contributed by atoms with van der Waals surface area (Å²) in [6, 6.07) is 0.321. The van der Waals surface area contributed by atoms with E-state index in [2.05, 4.69) is 18.9 Å². The van der Waals surface area contributed by atoms with Crippen LogP contribution in [0.2, 0.25) is 0 Å². The summed E-state index contributed by atoms with van der Waals surface area (Å²) < 4.78 is 1.91. The summed E-state index contributed by atoms with van der Waals surface area (Å²) >= 11 is 0. The smallest absolute Gasteiger partial charge is 0.160 e. The fraction of sp³-hybridized carbons (Fsp3) is 0.700. The van der Waals surface area contributed by atoms with Crippen LogP contribution >= 0.6 is 0 Å². The highest BCUT2D eigenvalue weighted by Gasteiger charge is 2.15. The summed E-state index contributed by atoms with van der Waals surface area (Å²) in [5.74, 6) is 0.388. The Balaban J connectivity index is 3.19. The van der Waals surface area contributed by atoms with Gasteiger partial charge in [-0.25, -0.2) is 0 Å². The van der Waals surface area contributed by atoms with Crippen LogP contribution in [0.3, 0.4) is 0 Å². The quantitative estimate of drug-likeness (QED) is 0.778. The molecule has 3 nitrogen and oxygen atoms in total. The van der Waals surface area contributed by atoms with Gasteiger partial charge in [0.15, 0.2) is 5.75 Å². The standard InChI is InChI=1S/C10H18N2O/c1-5-8-10(13)9(6-2)12(11-8)7(3)4/h7,13H,5-6H2,1-4H3. The number of hydrogen-bond acceptors (Lipinski definition) is 2. The van der Waals surface area contributed by atoms with E-state index in [0.717, 1.165) is 24.2 Å². The van der Waals surface area contributed by atoms with Crippen molar-refractivity contribution >= 4 is 0 Å². The molecule has 0 atom stereocenters. The lowest BCUT2D eigenvalue weighted by molar-refractivity contribution is 0.453. The lowest BCUT2D eigenvalue weighted by Crippen LogP contribution is -2.06. The van der Waals surface area contributed by atoms with Crippen molar-refractivity contribution in [3.05, 3.63) is 11.4 Å². The van der Waals surface area contributed by atoms with Gasteiger partial charge >= 0.3 is 0 Å². The number of aromatic nitrogens is 2. The van der Waals surface area contributed by atoms with Crippen molar-refractivity contribution < 1.29 is 5.11 Å². The Morgan fingerprint density at radius 2 is 1.92 bits per heavy atom. The molecule has 3 heteroatoms. The summed E-state index contributed by atoms with van der Waals surface area (Å²) in [5, 5.41) is 14.1. The van der Waals surface area contributed by atoms with Gasteiger partial charge < -0.3 is 5.11 Å². The molecular weight excluding hydrogens is 164 g/mol. The van der Waals surface area contributed by atoms with Gasteiger partial charge in [0.1, 0.15) is 5.69 Å². The maximum atomic E-state index is 9.78. The van der Waals surface area contributed by atoms with E-state index in [1.165, 1.54) is 0 Å². The zero-order chi connectivity index (χ0) is 10.0. The molecule has 1 heterocycles. The maximum absolute atomic E-state index is 9.78. The van der Waals surface area contributed by atoms with Crippen molar-refractivity contribution in [2.24, 2.45) is 0 Å². The second-order valence-corrected chi connectivity index (χ2v) is 3.49. The molecule has 1 rings (SSSR count). The van der Waals surface area contributed by atoms with Crippen LogP contribution < -0.4 is 0 Å². The Morgan fingerprint density at radius 3 is 2.23 bits per heavy atom. The predicted octanol–water partition coefficient (Wildman–Crippen LogP) is 2.29. The molecule has 0 spiro atoms. The first-order chi connectivity index (χ1) is 6.11. The third-order valence-corrected chi connectivity index (χ3v) is 2.21. The first-order valence-corrected chi connectivity index (χ1v) is 4.91. The van der Waals surface area contributed by atoms with E-state index in [0.29, 0.717) is 11.8 Å². The van der Waals surface area contributed by atoms with E-state index in [1.807, 2.05) is 18.5 Å². The van der Waals surface area contributed by atoms with Crippen molar-refractivity contribution in [2.45, 2.75) is 46.6 Å². The molecule has 0 fully saturated rings. The van der Waals surface area contributed by atoms with Gasteiger partial charge in [-0.1, -0.05) is 13.8 Å². The molecule has 1 N–H and O–H groups in total. The van der Waals surface area contributed by atoms with E-state index in [-0.39, 0.29) is 0 Å². The normalized spacial score (nSPS) is 11.2. The molecular formula is C10H18N2O. The molecule has 0 bridgehead atoms. The van der Waals surface area contributed by atoms with Crippen molar-refractivity contribution in [1.29, 1.82) is 0 Å². The van der Waals surface area contributed by atoms with E-state index in [1.54, 1.807) is 0 Å². The van der Waals surface area contributed by atoms with Crippen LogP contribution in [0.5, 0.6) is 5.75 Å². The highest BCUT2D eigenvalue weighted by molar-refractivity contribution is 5.32. The number of hydrogen-bond donors (Lipinski definition) is 1. The fourth-order valence-corrected chi connectivity index (χ4v) is 1.51. The average Bonchev–Trinajstić information content (AvgIpc) is 2.42. The first-order valence-electron chi connectivity index (χ1n) is 4.91. The van der Waals surface area contributed by atoms with Gasteiger partial charge in [0.25, 0.3) is 0 Å². The third kappa shape index (κ3) is 1.69. The molecule has 0 saturated carbocycles. The Labute approximate surface area is 79.4 Å². The van der Waals surface area contributed by atoms with Gasteiger partial charge in [-0.05, 0) is 26.7 Å². The molecule has 1 aromatic heterocycles. The van der Waals surface area contributed by atoms with Crippen molar-refractivity contribution in [2.75, 3.05) is 0 Å². The minimum Gasteiger partial charge on any atom is -0.504 e. The highest BCUT2D eigenvalue weighted by atomic mass is 16.3. The number of aryl methyl sites for hydroxylation is 1. The van der Waals surface area contributed by atoms with Gasteiger partial charge in [0.05, 0.1) is 5.69 Å². The van der Waals surface area contributed by atoms with Crippen LogP contribution in [0.25, 0.3) is 0 Å². The van der Waals surface area contributed by atoms with Crippen LogP contribution in [0.4, 0.5) is 0 Å². The lowest BCUT2D eigenvalue weighted by atomic mass is 10.2. The summed E-state index contributed by atoms with van der Waals surface area (Å²) in [5.41, 5.74) is 1.76. The van der Waals surface area contributed by atoms with Crippen molar-refractivity contribution in [1.82, 2.24) is 9.78 Å². The molecule has 0 amide bonds. The van der Waals surface area contributed by atoms with E-state index < -0.39 is 0 Å². The highest BCUT2D eigenvalue weighted by Crippen LogP contribution is 2.25. The molecule has 0 aromatic carbocycles. The molecule has 0 radical (unpaired) electrons. The minimum absolute atomic E-state index is 0.321. The Morgan fingerprint density at radius 1 is 1.31 bits per heavy atom. The number of aromatic hydroxyl groups is 1.